The summed E-state index contributed by atoms with van der Waals surface area (Å²) in [5, 5.41) is 12.7. The molecule has 0 spiro atoms. The molecule has 2 aromatic carbocycles. The highest BCUT2D eigenvalue weighted by atomic mass is 19.4. The van der Waals surface area contributed by atoms with Gasteiger partial charge in [-0.2, -0.15) is 13.2 Å². The Morgan fingerprint density at radius 1 is 0.963 bits per heavy atom. The van der Waals surface area contributed by atoms with Crippen molar-refractivity contribution in [2.75, 3.05) is 5.32 Å². The molecule has 0 unspecified atom stereocenters. The largest absolute Gasteiger partial charge is 0.416 e. The van der Waals surface area contributed by atoms with Crippen LogP contribution in [0, 0.1) is 5.82 Å². The Morgan fingerprint density at radius 2 is 1.70 bits per heavy atom. The maximum absolute atomic E-state index is 14.2. The van der Waals surface area contributed by atoms with E-state index in [1.165, 1.54) is 30.6 Å². The van der Waals surface area contributed by atoms with Crippen molar-refractivity contribution >= 4 is 22.5 Å². The molecule has 4 aromatic rings. The predicted octanol–water partition coefficient (Wildman–Crippen LogP) is 4.32. The van der Waals surface area contributed by atoms with Gasteiger partial charge in [0.25, 0.3) is 0 Å². The molecule has 0 aliphatic carbocycles. The third-order valence-electron chi connectivity index (χ3n) is 3.84. The van der Waals surface area contributed by atoms with Crippen molar-refractivity contribution in [3.8, 4) is 11.3 Å². The number of anilines is 2. The molecule has 0 saturated carbocycles. The van der Waals surface area contributed by atoms with Crippen LogP contribution in [0.15, 0.2) is 48.8 Å². The minimum absolute atomic E-state index is 0.167. The van der Waals surface area contributed by atoms with Gasteiger partial charge in [0.05, 0.1) is 5.56 Å². The fraction of sp³-hybridized carbons (Fsp3) is 0.0588. The monoisotopic (exact) mass is 374 g/mol. The van der Waals surface area contributed by atoms with Crippen LogP contribution in [0.25, 0.3) is 22.3 Å². The number of benzene rings is 2. The van der Waals surface area contributed by atoms with Crippen LogP contribution in [0.3, 0.4) is 0 Å². The van der Waals surface area contributed by atoms with E-state index in [1.807, 2.05) is 0 Å². The third kappa shape index (κ3) is 3.28. The standard InChI is InChI=1S/C17H10F4N6/c18-12-7-9(8-13-15(12)26-27-25-13)14-16(23-6-5-22-14)24-11-3-1-10(2-4-11)17(19,20)21/h1-8H,(H,23,24)(H,25,26,27). The van der Waals surface area contributed by atoms with E-state index in [1.54, 1.807) is 6.07 Å². The molecule has 0 fully saturated rings. The Balaban J connectivity index is 1.70. The van der Waals surface area contributed by atoms with Gasteiger partial charge in [0.15, 0.2) is 11.6 Å². The van der Waals surface area contributed by atoms with Crippen LogP contribution in [0.2, 0.25) is 0 Å². The molecule has 2 aromatic heterocycles. The van der Waals surface area contributed by atoms with Crippen LogP contribution in [-0.2, 0) is 6.18 Å². The van der Waals surface area contributed by atoms with Crippen molar-refractivity contribution in [2.45, 2.75) is 6.18 Å². The van der Waals surface area contributed by atoms with E-state index in [0.717, 1.165) is 12.1 Å². The molecule has 0 saturated heterocycles. The summed E-state index contributed by atoms with van der Waals surface area (Å²) < 4.78 is 52.2. The Bertz CT molecular complexity index is 1100. The molecule has 0 atom stereocenters. The topological polar surface area (TPSA) is 79.4 Å². The number of rotatable bonds is 3. The number of nitrogens with zero attached hydrogens (tertiary/aromatic N) is 4. The van der Waals surface area contributed by atoms with Gasteiger partial charge in [0.1, 0.15) is 16.7 Å². The van der Waals surface area contributed by atoms with Crippen molar-refractivity contribution in [2.24, 2.45) is 0 Å². The minimum atomic E-state index is -4.42. The molecular weight excluding hydrogens is 364 g/mol. The summed E-state index contributed by atoms with van der Waals surface area (Å²) in [6.07, 6.45) is -1.57. The number of hydrogen-bond donors (Lipinski definition) is 2. The SMILES string of the molecule is Fc1cc(-c2nccnc2Nc2ccc(C(F)(F)F)cc2)cc2nn[nH]c12. The van der Waals surface area contributed by atoms with Gasteiger partial charge in [0, 0.05) is 23.6 Å². The van der Waals surface area contributed by atoms with Crippen LogP contribution >= 0.6 is 0 Å². The second-order valence-corrected chi connectivity index (χ2v) is 5.62. The van der Waals surface area contributed by atoms with E-state index in [2.05, 4.69) is 30.7 Å². The summed E-state index contributed by atoms with van der Waals surface area (Å²) in [6, 6.07) is 7.32. The van der Waals surface area contributed by atoms with E-state index in [0.29, 0.717) is 22.5 Å². The summed E-state index contributed by atoms with van der Waals surface area (Å²) in [6.45, 7) is 0. The van der Waals surface area contributed by atoms with Crippen molar-refractivity contribution in [3.05, 3.63) is 60.2 Å². The predicted molar refractivity (Wildman–Crippen MR) is 89.6 cm³/mol. The number of aromatic nitrogens is 5. The Morgan fingerprint density at radius 3 is 2.44 bits per heavy atom. The maximum atomic E-state index is 14.2. The molecule has 0 aliphatic rings. The van der Waals surface area contributed by atoms with Crippen molar-refractivity contribution in [3.63, 3.8) is 0 Å². The summed E-state index contributed by atoms with van der Waals surface area (Å²) >= 11 is 0. The van der Waals surface area contributed by atoms with Gasteiger partial charge in [-0.1, -0.05) is 5.21 Å². The molecule has 0 radical (unpaired) electrons. The summed E-state index contributed by atoms with van der Waals surface area (Å²) in [7, 11) is 0. The minimum Gasteiger partial charge on any atom is -0.338 e. The van der Waals surface area contributed by atoms with Gasteiger partial charge in [-0.15, -0.1) is 5.10 Å². The van der Waals surface area contributed by atoms with Crippen molar-refractivity contribution < 1.29 is 17.6 Å². The maximum Gasteiger partial charge on any atom is 0.416 e. The lowest BCUT2D eigenvalue weighted by Crippen LogP contribution is -2.05. The molecular formula is C17H10F4N6. The number of aromatic amines is 1. The van der Waals surface area contributed by atoms with Crippen LogP contribution in [0.1, 0.15) is 5.56 Å². The summed E-state index contributed by atoms with van der Waals surface area (Å²) in [4.78, 5) is 8.36. The third-order valence-corrected chi connectivity index (χ3v) is 3.84. The molecule has 27 heavy (non-hydrogen) atoms. The lowest BCUT2D eigenvalue weighted by atomic mass is 10.1. The first-order valence-electron chi connectivity index (χ1n) is 7.68. The summed E-state index contributed by atoms with van der Waals surface area (Å²) in [5.41, 5.74) is 0.826. The fourth-order valence-corrected chi connectivity index (χ4v) is 2.57. The second-order valence-electron chi connectivity index (χ2n) is 5.62. The number of halogens is 4. The normalized spacial score (nSPS) is 11.7. The van der Waals surface area contributed by atoms with E-state index < -0.39 is 17.6 Å². The molecule has 10 heteroatoms. The van der Waals surface area contributed by atoms with Crippen LogP contribution in [0.5, 0.6) is 0 Å². The fourth-order valence-electron chi connectivity index (χ4n) is 2.57. The van der Waals surface area contributed by atoms with Crippen LogP contribution in [-0.4, -0.2) is 25.4 Å². The van der Waals surface area contributed by atoms with E-state index in [-0.39, 0.29) is 11.3 Å². The molecule has 4 rings (SSSR count). The molecule has 2 heterocycles. The molecule has 0 bridgehead atoms. The van der Waals surface area contributed by atoms with Gasteiger partial charge in [-0.25, -0.2) is 9.37 Å². The summed E-state index contributed by atoms with van der Waals surface area (Å²) in [5.74, 6) is -0.293. The Hall–Kier alpha value is -3.56. The van der Waals surface area contributed by atoms with Gasteiger partial charge < -0.3 is 5.32 Å². The van der Waals surface area contributed by atoms with Crippen molar-refractivity contribution in [1.82, 2.24) is 25.4 Å². The highest BCUT2D eigenvalue weighted by molar-refractivity contribution is 5.84. The number of hydrogen-bond acceptors (Lipinski definition) is 5. The smallest absolute Gasteiger partial charge is 0.338 e. The van der Waals surface area contributed by atoms with Crippen LogP contribution < -0.4 is 5.32 Å². The molecule has 0 amide bonds. The number of fused-ring (bicyclic) bond motifs is 1. The first kappa shape index (κ1) is 16.9. The first-order valence-corrected chi connectivity index (χ1v) is 7.68. The Labute approximate surface area is 149 Å². The lowest BCUT2D eigenvalue weighted by Gasteiger charge is -2.12. The molecule has 0 aliphatic heterocycles. The zero-order valence-electron chi connectivity index (χ0n) is 13.4. The number of H-pyrrole nitrogens is 1. The number of nitrogens with one attached hydrogen (secondary N) is 2. The van der Waals surface area contributed by atoms with E-state index in [4.69, 9.17) is 0 Å². The highest BCUT2D eigenvalue weighted by Gasteiger charge is 2.30. The highest BCUT2D eigenvalue weighted by Crippen LogP contribution is 2.32. The van der Waals surface area contributed by atoms with Gasteiger partial charge >= 0.3 is 6.18 Å². The van der Waals surface area contributed by atoms with E-state index in [9.17, 15) is 17.6 Å². The van der Waals surface area contributed by atoms with Crippen LogP contribution in [0.4, 0.5) is 29.1 Å². The van der Waals surface area contributed by atoms with Gasteiger partial charge in [-0.05, 0) is 36.4 Å². The zero-order chi connectivity index (χ0) is 19.0. The first-order chi connectivity index (χ1) is 12.9. The average molecular weight is 374 g/mol. The van der Waals surface area contributed by atoms with Crippen molar-refractivity contribution in [1.29, 1.82) is 0 Å². The molecule has 2 N–H and O–H groups in total. The number of alkyl halides is 3. The zero-order valence-corrected chi connectivity index (χ0v) is 13.4. The van der Waals surface area contributed by atoms with Gasteiger partial charge in [0.2, 0.25) is 0 Å². The quantitative estimate of drug-likeness (QED) is 0.522. The molecule has 136 valence electrons. The Kier molecular flexibility index (Phi) is 3.94. The average Bonchev–Trinajstić information content (AvgIpc) is 3.11. The second kappa shape index (κ2) is 6.31. The van der Waals surface area contributed by atoms with E-state index >= 15 is 0 Å². The lowest BCUT2D eigenvalue weighted by molar-refractivity contribution is -0.137. The molecule has 6 nitrogen and oxygen atoms in total. The van der Waals surface area contributed by atoms with Gasteiger partial charge in [-0.3, -0.25) is 10.1 Å².